The molecule has 1 heterocycles. The van der Waals surface area contributed by atoms with Gasteiger partial charge in [-0.25, -0.2) is 0 Å². The SMILES string of the molecule is CCCCc1cc(Br)c(-c2ccc(C=O)o2)c(Br)c1. The van der Waals surface area contributed by atoms with Crippen LogP contribution in [-0.4, -0.2) is 6.29 Å². The van der Waals surface area contributed by atoms with Crippen LogP contribution in [0.25, 0.3) is 11.3 Å². The fourth-order valence-corrected chi connectivity index (χ4v) is 3.61. The molecule has 1 aromatic carbocycles. The van der Waals surface area contributed by atoms with Gasteiger partial charge in [0.2, 0.25) is 0 Å². The molecule has 0 saturated carbocycles. The van der Waals surface area contributed by atoms with Crippen LogP contribution in [0.2, 0.25) is 0 Å². The van der Waals surface area contributed by atoms with Gasteiger partial charge in [0.25, 0.3) is 0 Å². The Hall–Kier alpha value is -0.870. The number of rotatable bonds is 5. The average molecular weight is 386 g/mol. The maximum atomic E-state index is 10.7. The molecule has 0 fully saturated rings. The average Bonchev–Trinajstić information content (AvgIpc) is 2.84. The molecule has 2 aromatic rings. The Labute approximate surface area is 129 Å². The molecule has 0 atom stereocenters. The molecule has 0 N–H and O–H groups in total. The number of aldehydes is 1. The number of carbonyl (C=O) groups is 1. The van der Waals surface area contributed by atoms with Gasteiger partial charge in [-0.2, -0.15) is 0 Å². The van der Waals surface area contributed by atoms with Gasteiger partial charge in [-0.05, 0) is 74.5 Å². The largest absolute Gasteiger partial charge is 0.453 e. The molecule has 0 aliphatic carbocycles. The highest BCUT2D eigenvalue weighted by atomic mass is 79.9. The van der Waals surface area contributed by atoms with Crippen molar-refractivity contribution in [1.82, 2.24) is 0 Å². The lowest BCUT2D eigenvalue weighted by molar-refractivity contribution is 0.110. The predicted octanol–water partition coefficient (Wildman–Crippen LogP) is 5.63. The van der Waals surface area contributed by atoms with E-state index in [2.05, 4.69) is 50.9 Å². The first-order chi connectivity index (χ1) is 9.15. The maximum Gasteiger partial charge on any atom is 0.185 e. The van der Waals surface area contributed by atoms with Crippen LogP contribution in [-0.2, 0) is 6.42 Å². The van der Waals surface area contributed by atoms with Crippen molar-refractivity contribution < 1.29 is 9.21 Å². The molecule has 0 aliphatic heterocycles. The van der Waals surface area contributed by atoms with E-state index >= 15 is 0 Å². The number of hydrogen-bond acceptors (Lipinski definition) is 2. The number of halogens is 2. The first-order valence-corrected chi connectivity index (χ1v) is 7.77. The van der Waals surface area contributed by atoms with Gasteiger partial charge in [0.1, 0.15) is 5.76 Å². The summed E-state index contributed by atoms with van der Waals surface area (Å²) >= 11 is 7.16. The van der Waals surface area contributed by atoms with Crippen molar-refractivity contribution in [3.63, 3.8) is 0 Å². The van der Waals surface area contributed by atoms with Crippen LogP contribution < -0.4 is 0 Å². The van der Waals surface area contributed by atoms with Crippen molar-refractivity contribution in [2.45, 2.75) is 26.2 Å². The maximum absolute atomic E-state index is 10.7. The summed E-state index contributed by atoms with van der Waals surface area (Å²) in [6.45, 7) is 2.18. The Morgan fingerprint density at radius 1 is 1.21 bits per heavy atom. The van der Waals surface area contributed by atoms with Crippen molar-refractivity contribution >= 4 is 38.1 Å². The molecule has 2 rings (SSSR count). The molecule has 2 nitrogen and oxygen atoms in total. The lowest BCUT2D eigenvalue weighted by Gasteiger charge is -2.08. The van der Waals surface area contributed by atoms with Crippen molar-refractivity contribution in [3.8, 4) is 11.3 Å². The minimum Gasteiger partial charge on any atom is -0.453 e. The third-order valence-electron chi connectivity index (χ3n) is 2.91. The van der Waals surface area contributed by atoms with Crippen LogP contribution in [0.4, 0.5) is 0 Å². The van der Waals surface area contributed by atoms with E-state index in [0.717, 1.165) is 20.9 Å². The highest BCUT2D eigenvalue weighted by Gasteiger charge is 2.13. The van der Waals surface area contributed by atoms with Crippen LogP contribution in [0.5, 0.6) is 0 Å². The molecule has 0 amide bonds. The lowest BCUT2D eigenvalue weighted by Crippen LogP contribution is -1.88. The Morgan fingerprint density at radius 2 is 1.89 bits per heavy atom. The molecule has 19 heavy (non-hydrogen) atoms. The summed E-state index contributed by atoms with van der Waals surface area (Å²) < 4.78 is 7.42. The van der Waals surface area contributed by atoms with Crippen molar-refractivity contribution in [2.24, 2.45) is 0 Å². The normalized spacial score (nSPS) is 10.7. The summed E-state index contributed by atoms with van der Waals surface area (Å²) in [5, 5.41) is 0. The van der Waals surface area contributed by atoms with Gasteiger partial charge in [0.15, 0.2) is 12.0 Å². The summed E-state index contributed by atoms with van der Waals surface area (Å²) in [6.07, 6.45) is 4.12. The van der Waals surface area contributed by atoms with Crippen LogP contribution >= 0.6 is 31.9 Å². The zero-order valence-electron chi connectivity index (χ0n) is 10.6. The van der Waals surface area contributed by atoms with Crippen LogP contribution in [0.3, 0.4) is 0 Å². The molecule has 4 heteroatoms. The van der Waals surface area contributed by atoms with Crippen molar-refractivity contribution in [3.05, 3.63) is 44.5 Å². The molecule has 0 radical (unpaired) electrons. The minimum atomic E-state index is 0.337. The summed E-state index contributed by atoms with van der Waals surface area (Å²) in [5.74, 6) is 1.02. The third kappa shape index (κ3) is 3.37. The van der Waals surface area contributed by atoms with E-state index in [1.807, 2.05) is 0 Å². The van der Waals surface area contributed by atoms with E-state index in [0.29, 0.717) is 17.8 Å². The van der Waals surface area contributed by atoms with Gasteiger partial charge in [-0.1, -0.05) is 13.3 Å². The Kier molecular flexibility index (Phi) is 4.99. The van der Waals surface area contributed by atoms with Crippen LogP contribution in [0.1, 0.15) is 35.9 Å². The second kappa shape index (κ2) is 6.53. The Balaban J connectivity index is 2.38. The molecule has 0 unspecified atom stereocenters. The molecule has 0 saturated heterocycles. The van der Waals surface area contributed by atoms with Gasteiger partial charge in [-0.3, -0.25) is 4.79 Å². The minimum absolute atomic E-state index is 0.337. The first kappa shape index (κ1) is 14.5. The molecule has 0 bridgehead atoms. The van der Waals surface area contributed by atoms with Gasteiger partial charge >= 0.3 is 0 Å². The van der Waals surface area contributed by atoms with Gasteiger partial charge < -0.3 is 4.42 Å². The van der Waals surface area contributed by atoms with E-state index < -0.39 is 0 Å². The molecule has 100 valence electrons. The number of furan rings is 1. The van der Waals surface area contributed by atoms with Gasteiger partial charge in [0, 0.05) is 14.5 Å². The standard InChI is InChI=1S/C15H14Br2O2/c1-2-3-4-10-7-12(16)15(13(17)8-10)14-6-5-11(9-18)19-14/h5-9H,2-4H2,1H3. The van der Waals surface area contributed by atoms with Crippen LogP contribution in [0, 0.1) is 0 Å². The third-order valence-corrected chi connectivity index (χ3v) is 4.16. The number of unbranched alkanes of at least 4 members (excludes halogenated alkanes) is 1. The zero-order chi connectivity index (χ0) is 13.8. The fourth-order valence-electron chi connectivity index (χ4n) is 1.94. The number of aryl methyl sites for hydroxylation is 1. The molecule has 0 spiro atoms. The lowest BCUT2D eigenvalue weighted by atomic mass is 10.1. The van der Waals surface area contributed by atoms with E-state index in [1.165, 1.54) is 18.4 Å². The van der Waals surface area contributed by atoms with E-state index in [-0.39, 0.29) is 0 Å². The highest BCUT2D eigenvalue weighted by Crippen LogP contribution is 2.37. The summed E-state index contributed by atoms with van der Waals surface area (Å²) in [7, 11) is 0. The quantitative estimate of drug-likeness (QED) is 0.624. The van der Waals surface area contributed by atoms with Crippen molar-refractivity contribution in [2.75, 3.05) is 0 Å². The Bertz CT molecular complexity index is 565. The first-order valence-electron chi connectivity index (χ1n) is 6.19. The summed E-state index contributed by atoms with van der Waals surface area (Å²) in [6, 6.07) is 7.70. The molecule has 0 aliphatic rings. The smallest absolute Gasteiger partial charge is 0.185 e. The van der Waals surface area contributed by atoms with Crippen molar-refractivity contribution in [1.29, 1.82) is 0 Å². The second-order valence-electron chi connectivity index (χ2n) is 4.36. The number of hydrogen-bond donors (Lipinski definition) is 0. The topological polar surface area (TPSA) is 30.2 Å². The fraction of sp³-hybridized carbons (Fsp3) is 0.267. The second-order valence-corrected chi connectivity index (χ2v) is 6.07. The Morgan fingerprint density at radius 3 is 2.42 bits per heavy atom. The molecular weight excluding hydrogens is 372 g/mol. The monoisotopic (exact) mass is 384 g/mol. The van der Waals surface area contributed by atoms with Gasteiger partial charge in [0.05, 0.1) is 0 Å². The van der Waals surface area contributed by atoms with Crippen LogP contribution in [0.15, 0.2) is 37.6 Å². The summed E-state index contributed by atoms with van der Waals surface area (Å²) in [4.78, 5) is 10.7. The predicted molar refractivity (Wildman–Crippen MR) is 83.5 cm³/mol. The van der Waals surface area contributed by atoms with Gasteiger partial charge in [-0.15, -0.1) is 0 Å². The van der Waals surface area contributed by atoms with E-state index in [4.69, 9.17) is 4.42 Å². The van der Waals surface area contributed by atoms with E-state index in [9.17, 15) is 4.79 Å². The highest BCUT2D eigenvalue weighted by molar-refractivity contribution is 9.11. The molecule has 1 aromatic heterocycles. The summed E-state index contributed by atoms with van der Waals surface area (Å²) in [5.41, 5.74) is 2.22. The number of benzene rings is 1. The van der Waals surface area contributed by atoms with E-state index in [1.54, 1.807) is 12.1 Å². The number of carbonyl (C=O) groups excluding carboxylic acids is 1. The molecular formula is C15H14Br2O2. The zero-order valence-corrected chi connectivity index (χ0v) is 13.8.